The number of nitrogens with two attached hydrogens (primary N) is 1. The van der Waals surface area contributed by atoms with Crippen molar-refractivity contribution in [2.24, 2.45) is 0 Å². The van der Waals surface area contributed by atoms with Gasteiger partial charge < -0.3 is 15.2 Å². The highest BCUT2D eigenvalue weighted by atomic mass is 32.2. The van der Waals surface area contributed by atoms with Crippen LogP contribution in [-0.4, -0.2) is 22.6 Å². The third-order valence-electron chi connectivity index (χ3n) is 3.26. The van der Waals surface area contributed by atoms with Crippen molar-refractivity contribution in [3.05, 3.63) is 59.0 Å². The maximum atomic E-state index is 12.2. The molecule has 0 bridgehead atoms. The van der Waals surface area contributed by atoms with Crippen molar-refractivity contribution < 1.29 is 17.9 Å². The Morgan fingerprint density at radius 1 is 1.04 bits per heavy atom. The van der Waals surface area contributed by atoms with Crippen LogP contribution in [-0.2, 0) is 15.6 Å². The van der Waals surface area contributed by atoms with Crippen LogP contribution in [0.1, 0.15) is 11.1 Å². The molecule has 2 aromatic carbocycles. The SMILES string of the molecule is COc1ccc(CS(=O)(=O)/C=C/c2ccccc2OC)cc1N. The minimum Gasteiger partial charge on any atom is -0.496 e. The first-order valence-electron chi connectivity index (χ1n) is 6.91. The van der Waals surface area contributed by atoms with Gasteiger partial charge in [0.15, 0.2) is 9.84 Å². The number of ether oxygens (including phenoxy) is 2. The predicted molar refractivity (Wildman–Crippen MR) is 92.1 cm³/mol. The number of methoxy groups -OCH3 is 2. The highest BCUT2D eigenvalue weighted by Crippen LogP contribution is 2.24. The van der Waals surface area contributed by atoms with E-state index in [9.17, 15) is 8.42 Å². The minimum absolute atomic E-state index is 0.132. The molecule has 0 aliphatic heterocycles. The van der Waals surface area contributed by atoms with E-state index in [4.69, 9.17) is 15.2 Å². The molecule has 5 nitrogen and oxygen atoms in total. The van der Waals surface area contributed by atoms with E-state index in [1.807, 2.05) is 12.1 Å². The molecule has 0 fully saturated rings. The number of rotatable bonds is 6. The van der Waals surface area contributed by atoms with Crippen LogP contribution < -0.4 is 15.2 Å². The standard InChI is InChI=1S/C17H19NO4S/c1-21-16-6-4-3-5-14(16)9-10-23(19,20)12-13-7-8-17(22-2)15(18)11-13/h3-11H,12,18H2,1-2H3/b10-9+. The average molecular weight is 333 g/mol. The molecule has 0 spiro atoms. The van der Waals surface area contributed by atoms with E-state index < -0.39 is 9.84 Å². The second-order valence-electron chi connectivity index (χ2n) is 4.93. The maximum absolute atomic E-state index is 12.2. The number of para-hydroxylation sites is 1. The van der Waals surface area contributed by atoms with E-state index in [0.717, 1.165) is 0 Å². The van der Waals surface area contributed by atoms with E-state index in [-0.39, 0.29) is 5.75 Å². The molecule has 2 N–H and O–H groups in total. The first-order valence-corrected chi connectivity index (χ1v) is 8.63. The third kappa shape index (κ3) is 4.50. The molecule has 0 unspecified atom stereocenters. The van der Waals surface area contributed by atoms with Crippen LogP contribution >= 0.6 is 0 Å². The van der Waals surface area contributed by atoms with Crippen molar-refractivity contribution in [1.82, 2.24) is 0 Å². The fraction of sp³-hybridized carbons (Fsp3) is 0.176. The van der Waals surface area contributed by atoms with Crippen LogP contribution in [0.2, 0.25) is 0 Å². The summed E-state index contributed by atoms with van der Waals surface area (Å²) < 4.78 is 34.7. The second-order valence-corrected chi connectivity index (χ2v) is 6.81. The summed E-state index contributed by atoms with van der Waals surface area (Å²) in [6.45, 7) is 0. The predicted octanol–water partition coefficient (Wildman–Crippen LogP) is 2.87. The Kier molecular flexibility index (Phi) is 5.28. The van der Waals surface area contributed by atoms with Crippen LogP contribution in [0.25, 0.3) is 6.08 Å². The summed E-state index contributed by atoms with van der Waals surface area (Å²) in [6, 6.07) is 12.2. The molecule has 0 aromatic heterocycles. The molecule has 0 radical (unpaired) electrons. The van der Waals surface area contributed by atoms with Crippen LogP contribution in [0.3, 0.4) is 0 Å². The van der Waals surface area contributed by atoms with Crippen molar-refractivity contribution in [2.45, 2.75) is 5.75 Å². The highest BCUT2D eigenvalue weighted by molar-refractivity contribution is 7.93. The molecule has 122 valence electrons. The van der Waals surface area contributed by atoms with Gasteiger partial charge in [0.25, 0.3) is 0 Å². The van der Waals surface area contributed by atoms with E-state index in [2.05, 4.69) is 0 Å². The van der Waals surface area contributed by atoms with Gasteiger partial charge in [-0.25, -0.2) is 8.42 Å². The van der Waals surface area contributed by atoms with Crippen molar-refractivity contribution in [1.29, 1.82) is 0 Å². The molecule has 0 saturated carbocycles. The van der Waals surface area contributed by atoms with E-state index in [1.54, 1.807) is 37.4 Å². The van der Waals surface area contributed by atoms with Crippen LogP contribution in [0, 0.1) is 0 Å². The lowest BCUT2D eigenvalue weighted by Crippen LogP contribution is -2.01. The number of nitrogen functional groups attached to an aromatic ring is 1. The molecule has 0 amide bonds. The number of hydrogen-bond donors (Lipinski definition) is 1. The molecule has 0 aliphatic rings. The second kappa shape index (κ2) is 7.19. The van der Waals surface area contributed by atoms with Crippen LogP contribution in [0.15, 0.2) is 47.9 Å². The van der Waals surface area contributed by atoms with Gasteiger partial charge in [0, 0.05) is 11.0 Å². The summed E-state index contributed by atoms with van der Waals surface area (Å²) in [4.78, 5) is 0. The lowest BCUT2D eigenvalue weighted by Gasteiger charge is -2.07. The van der Waals surface area contributed by atoms with Crippen molar-refractivity contribution >= 4 is 21.6 Å². The molecule has 6 heteroatoms. The van der Waals surface area contributed by atoms with Gasteiger partial charge in [-0.15, -0.1) is 0 Å². The fourth-order valence-electron chi connectivity index (χ4n) is 2.14. The average Bonchev–Trinajstić information content (AvgIpc) is 2.53. The van der Waals surface area contributed by atoms with Crippen molar-refractivity contribution in [2.75, 3.05) is 20.0 Å². The van der Waals surface area contributed by atoms with Crippen LogP contribution in [0.4, 0.5) is 5.69 Å². The number of sulfone groups is 1. The Morgan fingerprint density at radius 3 is 2.39 bits per heavy atom. The van der Waals surface area contributed by atoms with Crippen LogP contribution in [0.5, 0.6) is 11.5 Å². The lowest BCUT2D eigenvalue weighted by molar-refractivity contribution is 0.414. The largest absolute Gasteiger partial charge is 0.496 e. The van der Waals surface area contributed by atoms with E-state index in [1.165, 1.54) is 18.6 Å². The number of anilines is 1. The summed E-state index contributed by atoms with van der Waals surface area (Å²) in [5.41, 5.74) is 7.52. The summed E-state index contributed by atoms with van der Waals surface area (Å²) >= 11 is 0. The molecular formula is C17H19NO4S. The Bertz CT molecular complexity index is 813. The van der Waals surface area contributed by atoms with E-state index in [0.29, 0.717) is 28.3 Å². The van der Waals surface area contributed by atoms with E-state index >= 15 is 0 Å². The smallest absolute Gasteiger partial charge is 0.175 e. The summed E-state index contributed by atoms with van der Waals surface area (Å²) in [7, 11) is -0.372. The van der Waals surface area contributed by atoms with Gasteiger partial charge in [-0.2, -0.15) is 0 Å². The summed E-state index contributed by atoms with van der Waals surface area (Å²) in [6.07, 6.45) is 1.53. The van der Waals surface area contributed by atoms with Crippen molar-refractivity contribution in [3.63, 3.8) is 0 Å². The monoisotopic (exact) mass is 333 g/mol. The third-order valence-corrected chi connectivity index (χ3v) is 4.54. The highest BCUT2D eigenvalue weighted by Gasteiger charge is 2.10. The zero-order chi connectivity index (χ0) is 16.9. The normalized spacial score (nSPS) is 11.6. The molecule has 0 aliphatic carbocycles. The fourth-order valence-corrected chi connectivity index (χ4v) is 3.23. The van der Waals surface area contributed by atoms with Crippen molar-refractivity contribution in [3.8, 4) is 11.5 Å². The number of hydrogen-bond acceptors (Lipinski definition) is 5. The summed E-state index contributed by atoms with van der Waals surface area (Å²) in [5.74, 6) is 1.01. The number of benzene rings is 2. The van der Waals surface area contributed by atoms with Gasteiger partial charge in [-0.05, 0) is 29.8 Å². The summed E-state index contributed by atoms with van der Waals surface area (Å²) in [5, 5.41) is 1.19. The Balaban J connectivity index is 2.19. The van der Waals surface area contributed by atoms with Gasteiger partial charge in [-0.1, -0.05) is 24.3 Å². The molecule has 0 saturated heterocycles. The molecular weight excluding hydrogens is 314 g/mol. The quantitative estimate of drug-likeness (QED) is 0.822. The topological polar surface area (TPSA) is 78.6 Å². The van der Waals surface area contributed by atoms with Gasteiger partial charge in [0.05, 0.1) is 25.7 Å². The zero-order valence-corrected chi connectivity index (χ0v) is 13.8. The molecule has 23 heavy (non-hydrogen) atoms. The molecule has 0 atom stereocenters. The van der Waals surface area contributed by atoms with Gasteiger partial charge in [0.2, 0.25) is 0 Å². The molecule has 2 rings (SSSR count). The Morgan fingerprint density at radius 2 is 1.74 bits per heavy atom. The Hall–Kier alpha value is -2.47. The van der Waals surface area contributed by atoms with Gasteiger partial charge >= 0.3 is 0 Å². The zero-order valence-electron chi connectivity index (χ0n) is 13.0. The first-order chi connectivity index (χ1) is 10.9. The lowest BCUT2D eigenvalue weighted by atomic mass is 10.2. The molecule has 0 heterocycles. The maximum Gasteiger partial charge on any atom is 0.175 e. The van der Waals surface area contributed by atoms with Gasteiger partial charge in [0.1, 0.15) is 11.5 Å². The minimum atomic E-state index is -3.43. The first kappa shape index (κ1) is 16.9. The van der Waals surface area contributed by atoms with Gasteiger partial charge in [-0.3, -0.25) is 0 Å². The Labute approximate surface area is 136 Å². The molecule has 2 aromatic rings.